The summed E-state index contributed by atoms with van der Waals surface area (Å²) in [6, 6.07) is 8.87. The minimum absolute atomic E-state index is 0.195. The molecule has 176 valence electrons. The number of carbonyl (C=O) groups excluding carboxylic acids is 1. The van der Waals surface area contributed by atoms with E-state index in [2.05, 4.69) is 53.8 Å². The van der Waals surface area contributed by atoms with Crippen LogP contribution in [0.5, 0.6) is 0 Å². The average Bonchev–Trinajstić information content (AvgIpc) is 2.76. The molecule has 2 aromatic rings. The van der Waals surface area contributed by atoms with E-state index in [9.17, 15) is 4.79 Å². The van der Waals surface area contributed by atoms with Crippen LogP contribution in [0.2, 0.25) is 0 Å². The maximum absolute atomic E-state index is 13.3. The van der Waals surface area contributed by atoms with Crippen LogP contribution in [-0.2, 0) is 4.79 Å². The van der Waals surface area contributed by atoms with Crippen molar-refractivity contribution in [2.75, 3.05) is 30.8 Å². The number of rotatable bonds is 5. The minimum Gasteiger partial charge on any atom is -0.367 e. The number of likely N-dealkylation sites (tertiary alicyclic amines) is 1. The van der Waals surface area contributed by atoms with E-state index in [1.54, 1.807) is 0 Å². The number of aryl methyl sites for hydroxylation is 1. The molecule has 0 unspecified atom stereocenters. The van der Waals surface area contributed by atoms with Gasteiger partial charge >= 0.3 is 0 Å². The van der Waals surface area contributed by atoms with Gasteiger partial charge in [0.1, 0.15) is 5.82 Å². The molecule has 2 N–H and O–H groups in total. The second-order valence-electron chi connectivity index (χ2n) is 11.9. The van der Waals surface area contributed by atoms with Crippen molar-refractivity contribution in [1.29, 1.82) is 0 Å². The van der Waals surface area contributed by atoms with Gasteiger partial charge in [0, 0.05) is 17.8 Å². The van der Waals surface area contributed by atoms with Gasteiger partial charge in [-0.1, -0.05) is 6.07 Å². The molecule has 5 fully saturated rings. The Labute approximate surface area is 197 Å². The molecule has 1 aromatic carbocycles. The first-order valence-corrected chi connectivity index (χ1v) is 13.1. The summed E-state index contributed by atoms with van der Waals surface area (Å²) in [6.45, 7) is 4.35. The van der Waals surface area contributed by atoms with E-state index in [1.807, 2.05) is 0 Å². The SMILES string of the molecule is Cc1ccc2nc(NC3CCN(C)CC3)ccc2c1NC(=O)CC12CC3CC(CC(C3)C1)C2. The number of nitrogens with zero attached hydrogens (tertiary/aromatic N) is 2. The van der Waals surface area contributed by atoms with Crippen LogP contribution in [0.4, 0.5) is 11.5 Å². The van der Waals surface area contributed by atoms with E-state index < -0.39 is 0 Å². The molecular weight excluding hydrogens is 408 g/mol. The molecule has 5 heteroatoms. The summed E-state index contributed by atoms with van der Waals surface area (Å²) in [6.07, 6.45) is 11.1. The first kappa shape index (κ1) is 21.4. The molecular formula is C28H38N4O. The van der Waals surface area contributed by atoms with Gasteiger partial charge in [0.05, 0.1) is 11.2 Å². The summed E-state index contributed by atoms with van der Waals surface area (Å²) >= 11 is 0. The fraction of sp³-hybridized carbons (Fsp3) is 0.643. The highest BCUT2D eigenvalue weighted by atomic mass is 16.1. The molecule has 1 aliphatic heterocycles. The zero-order valence-electron chi connectivity index (χ0n) is 20.2. The molecule has 4 aliphatic carbocycles. The van der Waals surface area contributed by atoms with Crippen molar-refractivity contribution < 1.29 is 4.79 Å². The standard InChI is InChI=1S/C28H38N4O/c1-18-3-5-24-23(4-6-25(30-24)29-22-7-9-32(2)10-8-22)27(18)31-26(33)17-28-14-19-11-20(15-28)13-21(12-19)16-28/h3-6,19-22H,7-17H2,1-2H3,(H,29,30)(H,31,33). The fourth-order valence-electron chi connectivity index (χ4n) is 7.95. The lowest BCUT2D eigenvalue weighted by Crippen LogP contribution is -2.47. The average molecular weight is 447 g/mol. The number of amides is 1. The zero-order chi connectivity index (χ0) is 22.6. The van der Waals surface area contributed by atoms with Crippen LogP contribution in [0.15, 0.2) is 24.3 Å². The highest BCUT2D eigenvalue weighted by Crippen LogP contribution is 2.61. The number of fused-ring (bicyclic) bond motifs is 1. The van der Waals surface area contributed by atoms with Gasteiger partial charge in [-0.2, -0.15) is 0 Å². The smallest absolute Gasteiger partial charge is 0.224 e. The Balaban J connectivity index is 1.18. The van der Waals surface area contributed by atoms with Crippen LogP contribution in [0, 0.1) is 30.1 Å². The fourth-order valence-corrected chi connectivity index (χ4v) is 7.95. The molecule has 33 heavy (non-hydrogen) atoms. The van der Waals surface area contributed by atoms with E-state index in [4.69, 9.17) is 4.98 Å². The summed E-state index contributed by atoms with van der Waals surface area (Å²) in [7, 11) is 2.19. The number of nitrogens with one attached hydrogen (secondary N) is 2. The normalized spacial score (nSPS) is 31.8. The lowest BCUT2D eigenvalue weighted by atomic mass is 9.49. The molecule has 4 saturated carbocycles. The zero-order valence-corrected chi connectivity index (χ0v) is 20.2. The number of hydrogen-bond acceptors (Lipinski definition) is 4. The summed E-state index contributed by atoms with van der Waals surface area (Å²) in [5.41, 5.74) is 3.27. The number of anilines is 2. The Kier molecular flexibility index (Phi) is 5.36. The third kappa shape index (κ3) is 4.25. The summed E-state index contributed by atoms with van der Waals surface area (Å²) in [5.74, 6) is 3.77. The van der Waals surface area contributed by atoms with Gasteiger partial charge in [-0.15, -0.1) is 0 Å². The molecule has 1 amide bonds. The van der Waals surface area contributed by atoms with Crippen molar-refractivity contribution in [2.24, 2.45) is 23.2 Å². The number of pyridine rings is 1. The number of aromatic nitrogens is 1. The molecule has 0 radical (unpaired) electrons. The Bertz CT molecular complexity index is 1020. The van der Waals surface area contributed by atoms with Crippen molar-refractivity contribution in [1.82, 2.24) is 9.88 Å². The van der Waals surface area contributed by atoms with E-state index in [0.717, 1.165) is 71.7 Å². The molecule has 2 heterocycles. The van der Waals surface area contributed by atoms with Crippen LogP contribution in [0.3, 0.4) is 0 Å². The molecule has 5 nitrogen and oxygen atoms in total. The van der Waals surface area contributed by atoms with Crippen molar-refractivity contribution in [2.45, 2.75) is 70.8 Å². The van der Waals surface area contributed by atoms with Gasteiger partial charge in [0.2, 0.25) is 5.91 Å². The topological polar surface area (TPSA) is 57.3 Å². The van der Waals surface area contributed by atoms with Gasteiger partial charge in [0.25, 0.3) is 0 Å². The quantitative estimate of drug-likeness (QED) is 0.628. The maximum Gasteiger partial charge on any atom is 0.224 e. The maximum atomic E-state index is 13.3. The summed E-state index contributed by atoms with van der Waals surface area (Å²) < 4.78 is 0. The van der Waals surface area contributed by atoms with E-state index in [-0.39, 0.29) is 11.3 Å². The van der Waals surface area contributed by atoms with E-state index in [0.29, 0.717) is 12.5 Å². The first-order chi connectivity index (χ1) is 15.9. The van der Waals surface area contributed by atoms with Crippen LogP contribution in [-0.4, -0.2) is 42.0 Å². The van der Waals surface area contributed by atoms with Crippen molar-refractivity contribution >= 4 is 28.3 Å². The Morgan fingerprint density at radius 2 is 1.70 bits per heavy atom. The predicted octanol–water partition coefficient (Wildman–Crippen LogP) is 5.59. The number of carbonyl (C=O) groups is 1. The number of benzene rings is 1. The molecule has 1 saturated heterocycles. The van der Waals surface area contributed by atoms with E-state index in [1.165, 1.54) is 38.5 Å². The van der Waals surface area contributed by atoms with Gasteiger partial charge in [-0.05, 0) is 125 Å². The van der Waals surface area contributed by atoms with Crippen LogP contribution in [0.25, 0.3) is 10.9 Å². The lowest BCUT2D eigenvalue weighted by molar-refractivity contribution is -0.124. The molecule has 1 aromatic heterocycles. The molecule has 0 atom stereocenters. The Morgan fingerprint density at radius 1 is 1.03 bits per heavy atom. The lowest BCUT2D eigenvalue weighted by Gasteiger charge is -2.56. The van der Waals surface area contributed by atoms with Gasteiger partial charge in [-0.25, -0.2) is 4.98 Å². The van der Waals surface area contributed by atoms with E-state index >= 15 is 0 Å². The Morgan fingerprint density at radius 3 is 2.36 bits per heavy atom. The highest BCUT2D eigenvalue weighted by molar-refractivity contribution is 6.02. The second-order valence-corrected chi connectivity index (χ2v) is 11.9. The Hall–Kier alpha value is -2.14. The van der Waals surface area contributed by atoms with Crippen molar-refractivity contribution in [3.8, 4) is 0 Å². The van der Waals surface area contributed by atoms with Crippen molar-refractivity contribution in [3.63, 3.8) is 0 Å². The molecule has 5 aliphatic rings. The van der Waals surface area contributed by atoms with Gasteiger partial charge < -0.3 is 15.5 Å². The third-order valence-corrected chi connectivity index (χ3v) is 9.12. The van der Waals surface area contributed by atoms with Crippen molar-refractivity contribution in [3.05, 3.63) is 29.8 Å². The monoisotopic (exact) mass is 446 g/mol. The molecule has 4 bridgehead atoms. The first-order valence-electron chi connectivity index (χ1n) is 13.1. The minimum atomic E-state index is 0.195. The highest BCUT2D eigenvalue weighted by Gasteiger charge is 2.51. The third-order valence-electron chi connectivity index (χ3n) is 9.12. The number of hydrogen-bond donors (Lipinski definition) is 2. The predicted molar refractivity (Wildman–Crippen MR) is 134 cm³/mol. The summed E-state index contributed by atoms with van der Waals surface area (Å²) in [4.78, 5) is 20.6. The molecule has 7 rings (SSSR count). The van der Waals surface area contributed by atoms with Crippen LogP contribution >= 0.6 is 0 Å². The van der Waals surface area contributed by atoms with Crippen LogP contribution in [0.1, 0.15) is 63.4 Å². The van der Waals surface area contributed by atoms with Gasteiger partial charge in [-0.3, -0.25) is 4.79 Å². The van der Waals surface area contributed by atoms with Crippen LogP contribution < -0.4 is 10.6 Å². The van der Waals surface area contributed by atoms with Gasteiger partial charge in [0.15, 0.2) is 0 Å². The number of piperidine rings is 1. The summed E-state index contributed by atoms with van der Waals surface area (Å²) in [5, 5.41) is 8.00. The largest absolute Gasteiger partial charge is 0.367 e. The second kappa shape index (κ2) is 8.26. The molecule has 0 spiro atoms.